The van der Waals surface area contributed by atoms with E-state index in [9.17, 15) is 13.2 Å². The van der Waals surface area contributed by atoms with Crippen molar-refractivity contribution in [2.75, 3.05) is 13.1 Å². The number of carbonyl (C=O) groups excluding carboxylic acids is 1. The highest BCUT2D eigenvalue weighted by Crippen LogP contribution is 2.27. The first-order valence-electron chi connectivity index (χ1n) is 7.88. The van der Waals surface area contributed by atoms with Gasteiger partial charge < -0.3 is 0 Å². The maximum absolute atomic E-state index is 12.9. The quantitative estimate of drug-likeness (QED) is 0.851. The Kier molecular flexibility index (Phi) is 5.07. The van der Waals surface area contributed by atoms with E-state index in [0.29, 0.717) is 43.2 Å². The van der Waals surface area contributed by atoms with Crippen LogP contribution in [0.25, 0.3) is 0 Å². The molecule has 0 aromatic carbocycles. The molecule has 22 heavy (non-hydrogen) atoms. The SMILES string of the molecule is CCCC(=O)n1nc(C)c(S(=O)(=O)N2CCC(C)CC2)c1C. The standard InChI is InChI=1S/C15H25N3O3S/c1-5-6-14(19)18-13(4)15(12(3)16-18)22(20,21)17-9-7-11(2)8-10-17/h11H,5-10H2,1-4H3. The van der Waals surface area contributed by atoms with Crippen LogP contribution >= 0.6 is 0 Å². The van der Waals surface area contributed by atoms with Crippen molar-refractivity contribution in [1.82, 2.24) is 14.1 Å². The average molecular weight is 327 g/mol. The van der Waals surface area contributed by atoms with Gasteiger partial charge in [-0.2, -0.15) is 9.40 Å². The van der Waals surface area contributed by atoms with E-state index in [1.807, 2.05) is 6.92 Å². The van der Waals surface area contributed by atoms with Gasteiger partial charge in [-0.3, -0.25) is 4.79 Å². The maximum atomic E-state index is 12.9. The van der Waals surface area contributed by atoms with Gasteiger partial charge in [-0.1, -0.05) is 13.8 Å². The minimum absolute atomic E-state index is 0.156. The predicted molar refractivity (Wildman–Crippen MR) is 84.4 cm³/mol. The molecule has 0 radical (unpaired) electrons. The molecule has 124 valence electrons. The van der Waals surface area contributed by atoms with Crippen molar-refractivity contribution in [1.29, 1.82) is 0 Å². The van der Waals surface area contributed by atoms with Crippen molar-refractivity contribution in [3.63, 3.8) is 0 Å². The van der Waals surface area contributed by atoms with Crippen LogP contribution in [-0.2, 0) is 10.0 Å². The number of hydrogen-bond donors (Lipinski definition) is 0. The van der Waals surface area contributed by atoms with Gasteiger partial charge in [-0.05, 0) is 39.0 Å². The van der Waals surface area contributed by atoms with Crippen molar-refractivity contribution in [3.05, 3.63) is 11.4 Å². The Balaban J connectivity index is 2.37. The van der Waals surface area contributed by atoms with Gasteiger partial charge >= 0.3 is 0 Å². The zero-order chi connectivity index (χ0) is 16.5. The van der Waals surface area contributed by atoms with Gasteiger partial charge in [0.2, 0.25) is 15.9 Å². The summed E-state index contributed by atoms with van der Waals surface area (Å²) in [4.78, 5) is 12.3. The van der Waals surface area contributed by atoms with Gasteiger partial charge in [0.25, 0.3) is 0 Å². The number of hydrogen-bond acceptors (Lipinski definition) is 4. The highest BCUT2D eigenvalue weighted by molar-refractivity contribution is 7.89. The topological polar surface area (TPSA) is 72.3 Å². The van der Waals surface area contributed by atoms with Gasteiger partial charge in [0.15, 0.2) is 0 Å². The lowest BCUT2D eigenvalue weighted by atomic mass is 10.0. The van der Waals surface area contributed by atoms with Crippen LogP contribution in [0.4, 0.5) is 0 Å². The number of rotatable bonds is 4. The van der Waals surface area contributed by atoms with Gasteiger partial charge in [-0.25, -0.2) is 13.1 Å². The Labute approximate surface area is 132 Å². The molecule has 1 aromatic heterocycles. The zero-order valence-corrected chi connectivity index (χ0v) is 14.6. The highest BCUT2D eigenvalue weighted by Gasteiger charge is 2.33. The molecule has 0 spiro atoms. The number of aryl methyl sites for hydroxylation is 1. The van der Waals surface area contributed by atoms with E-state index in [2.05, 4.69) is 12.0 Å². The molecule has 1 aromatic rings. The molecular weight excluding hydrogens is 302 g/mol. The third-order valence-electron chi connectivity index (χ3n) is 4.27. The average Bonchev–Trinajstić information content (AvgIpc) is 2.75. The molecule has 0 N–H and O–H groups in total. The molecule has 0 atom stereocenters. The molecule has 1 saturated heterocycles. The fourth-order valence-corrected chi connectivity index (χ4v) is 4.74. The summed E-state index contributed by atoms with van der Waals surface area (Å²) in [5.74, 6) is 0.402. The summed E-state index contributed by atoms with van der Waals surface area (Å²) in [7, 11) is -3.58. The molecule has 0 unspecified atom stereocenters. The van der Waals surface area contributed by atoms with Crippen LogP contribution in [0, 0.1) is 19.8 Å². The van der Waals surface area contributed by atoms with Crippen LogP contribution in [0.2, 0.25) is 0 Å². The van der Waals surface area contributed by atoms with E-state index < -0.39 is 10.0 Å². The summed E-state index contributed by atoms with van der Waals surface area (Å²) in [5.41, 5.74) is 0.829. The predicted octanol–water partition coefficient (Wildman–Crippen LogP) is 2.36. The van der Waals surface area contributed by atoms with Crippen LogP contribution in [0.5, 0.6) is 0 Å². The van der Waals surface area contributed by atoms with E-state index in [0.717, 1.165) is 12.8 Å². The summed E-state index contributed by atoms with van der Waals surface area (Å²) >= 11 is 0. The largest absolute Gasteiger partial charge is 0.273 e. The zero-order valence-electron chi connectivity index (χ0n) is 13.8. The summed E-state index contributed by atoms with van der Waals surface area (Å²) in [6.45, 7) is 8.44. The molecule has 0 saturated carbocycles. The minimum atomic E-state index is -3.58. The van der Waals surface area contributed by atoms with Crippen LogP contribution in [0.3, 0.4) is 0 Å². The number of carbonyl (C=O) groups is 1. The fraction of sp³-hybridized carbons (Fsp3) is 0.733. The van der Waals surface area contributed by atoms with Gasteiger partial charge in [-0.15, -0.1) is 0 Å². The van der Waals surface area contributed by atoms with Crippen LogP contribution in [0.15, 0.2) is 4.90 Å². The molecule has 6 nitrogen and oxygen atoms in total. The number of aromatic nitrogens is 2. The second-order valence-corrected chi connectivity index (χ2v) is 8.02. The summed E-state index contributed by atoms with van der Waals surface area (Å²) < 4.78 is 28.6. The molecule has 0 bridgehead atoms. The maximum Gasteiger partial charge on any atom is 0.247 e. The molecule has 1 aliphatic rings. The van der Waals surface area contributed by atoms with E-state index in [4.69, 9.17) is 0 Å². The molecule has 0 aliphatic carbocycles. The first kappa shape index (κ1) is 17.1. The molecule has 0 amide bonds. The lowest BCUT2D eigenvalue weighted by molar-refractivity contribution is 0.0882. The Morgan fingerprint density at radius 2 is 1.86 bits per heavy atom. The normalized spacial score (nSPS) is 17.8. The number of piperidine rings is 1. The van der Waals surface area contributed by atoms with Gasteiger partial charge in [0, 0.05) is 19.5 Å². The molecule has 1 fully saturated rings. The Bertz CT molecular complexity index is 656. The highest BCUT2D eigenvalue weighted by atomic mass is 32.2. The summed E-state index contributed by atoms with van der Waals surface area (Å²) in [5, 5.41) is 4.17. The van der Waals surface area contributed by atoms with Crippen LogP contribution in [0.1, 0.15) is 55.7 Å². The third kappa shape index (κ3) is 3.10. The second kappa shape index (κ2) is 6.50. The van der Waals surface area contributed by atoms with Crippen molar-refractivity contribution in [2.24, 2.45) is 5.92 Å². The minimum Gasteiger partial charge on any atom is -0.273 e. The van der Waals surface area contributed by atoms with Crippen molar-refractivity contribution in [2.45, 2.75) is 58.3 Å². The Hall–Kier alpha value is -1.21. The van der Waals surface area contributed by atoms with Crippen molar-refractivity contribution < 1.29 is 13.2 Å². The van der Waals surface area contributed by atoms with E-state index in [1.54, 1.807) is 13.8 Å². The van der Waals surface area contributed by atoms with Crippen LogP contribution < -0.4 is 0 Å². The smallest absolute Gasteiger partial charge is 0.247 e. The third-order valence-corrected chi connectivity index (χ3v) is 6.42. The lowest BCUT2D eigenvalue weighted by Gasteiger charge is -2.29. The second-order valence-electron chi connectivity index (χ2n) is 6.14. The Morgan fingerprint density at radius 1 is 1.27 bits per heavy atom. The van der Waals surface area contributed by atoms with Crippen molar-refractivity contribution >= 4 is 15.9 Å². The lowest BCUT2D eigenvalue weighted by Crippen LogP contribution is -2.38. The monoisotopic (exact) mass is 327 g/mol. The van der Waals surface area contributed by atoms with E-state index >= 15 is 0 Å². The summed E-state index contributed by atoms with van der Waals surface area (Å²) in [6, 6.07) is 0. The Morgan fingerprint density at radius 3 is 2.41 bits per heavy atom. The first-order chi connectivity index (χ1) is 10.3. The van der Waals surface area contributed by atoms with Gasteiger partial charge in [0.05, 0.1) is 11.4 Å². The molecule has 2 rings (SSSR count). The number of sulfonamides is 1. The van der Waals surface area contributed by atoms with Gasteiger partial charge in [0.1, 0.15) is 4.90 Å². The number of nitrogens with zero attached hydrogens (tertiary/aromatic N) is 3. The van der Waals surface area contributed by atoms with Crippen LogP contribution in [-0.4, -0.2) is 41.5 Å². The summed E-state index contributed by atoms with van der Waals surface area (Å²) in [6.07, 6.45) is 2.83. The molecule has 7 heteroatoms. The molecule has 1 aliphatic heterocycles. The van der Waals surface area contributed by atoms with E-state index in [1.165, 1.54) is 8.99 Å². The fourth-order valence-electron chi connectivity index (χ4n) is 2.92. The molecule has 2 heterocycles. The first-order valence-corrected chi connectivity index (χ1v) is 9.32. The van der Waals surface area contributed by atoms with E-state index in [-0.39, 0.29) is 10.8 Å². The molecular formula is C15H25N3O3S. The van der Waals surface area contributed by atoms with Crippen molar-refractivity contribution in [3.8, 4) is 0 Å².